The predicted molar refractivity (Wildman–Crippen MR) is 80.0 cm³/mol. The molecule has 1 aromatic rings. The van der Waals surface area contributed by atoms with Gasteiger partial charge in [-0.15, -0.1) is 0 Å². The third kappa shape index (κ3) is 4.03. The minimum absolute atomic E-state index is 0.0515. The van der Waals surface area contributed by atoms with E-state index in [0.29, 0.717) is 18.1 Å². The van der Waals surface area contributed by atoms with Gasteiger partial charge in [0.2, 0.25) is 0 Å². The van der Waals surface area contributed by atoms with Gasteiger partial charge in [0.1, 0.15) is 0 Å². The number of hydrogen-bond donors (Lipinski definition) is 2. The molecule has 1 aliphatic rings. The first-order valence-corrected chi connectivity index (χ1v) is 8.52. The number of amides is 1. The summed E-state index contributed by atoms with van der Waals surface area (Å²) in [5, 5.41) is 13.0. The van der Waals surface area contributed by atoms with Crippen molar-refractivity contribution in [3.8, 4) is 0 Å². The fraction of sp³-hybridized carbons (Fsp3) is 0.667. The molecule has 1 aliphatic carbocycles. The van der Waals surface area contributed by atoms with Crippen LogP contribution in [0.15, 0.2) is 21.6 Å². The Morgan fingerprint density at radius 2 is 2.20 bits per heavy atom. The van der Waals surface area contributed by atoms with Crippen molar-refractivity contribution in [3.63, 3.8) is 0 Å². The van der Waals surface area contributed by atoms with Gasteiger partial charge in [-0.25, -0.2) is 0 Å². The van der Waals surface area contributed by atoms with Crippen LogP contribution in [0.4, 0.5) is 0 Å². The Morgan fingerprint density at radius 3 is 2.80 bits per heavy atom. The molecular weight excluding hydrogens is 274 g/mol. The maximum atomic E-state index is 12.2. The summed E-state index contributed by atoms with van der Waals surface area (Å²) in [6, 6.07) is 3.56. The number of hydrogen-bond acceptors (Lipinski definition) is 4. The van der Waals surface area contributed by atoms with Gasteiger partial charge in [-0.05, 0) is 43.6 Å². The fourth-order valence-corrected chi connectivity index (χ4v) is 3.27. The average Bonchev–Trinajstić information content (AvgIpc) is 2.97. The molecule has 1 fully saturated rings. The summed E-state index contributed by atoms with van der Waals surface area (Å²) in [4.78, 5) is 12.2. The SMILES string of the molecule is CSc1ccc(C(=O)NC(CCO)C2CCCCC2)o1. The van der Waals surface area contributed by atoms with Gasteiger partial charge in [0.25, 0.3) is 5.91 Å². The van der Waals surface area contributed by atoms with Crippen LogP contribution in [0, 0.1) is 5.92 Å². The van der Waals surface area contributed by atoms with E-state index in [2.05, 4.69) is 5.32 Å². The first-order valence-electron chi connectivity index (χ1n) is 7.30. The van der Waals surface area contributed by atoms with Gasteiger partial charge in [-0.3, -0.25) is 4.79 Å². The van der Waals surface area contributed by atoms with Gasteiger partial charge in [0.05, 0.1) is 0 Å². The highest BCUT2D eigenvalue weighted by molar-refractivity contribution is 7.98. The zero-order valence-corrected chi connectivity index (χ0v) is 12.7. The second-order valence-electron chi connectivity index (χ2n) is 5.31. The molecular formula is C15H23NO3S. The second kappa shape index (κ2) is 7.74. The average molecular weight is 297 g/mol. The molecule has 2 rings (SSSR count). The fourth-order valence-electron chi connectivity index (χ4n) is 2.89. The van der Waals surface area contributed by atoms with Crippen molar-refractivity contribution in [1.82, 2.24) is 5.32 Å². The lowest BCUT2D eigenvalue weighted by Gasteiger charge is -2.30. The monoisotopic (exact) mass is 297 g/mol. The molecule has 4 nitrogen and oxygen atoms in total. The number of carbonyl (C=O) groups is 1. The maximum absolute atomic E-state index is 12.2. The summed E-state index contributed by atoms with van der Waals surface area (Å²) in [7, 11) is 0. The molecule has 0 bridgehead atoms. The Labute approximate surface area is 124 Å². The Hall–Kier alpha value is -0.940. The maximum Gasteiger partial charge on any atom is 0.287 e. The Kier molecular flexibility index (Phi) is 5.98. The predicted octanol–water partition coefficient (Wildman–Crippen LogP) is 3.06. The van der Waals surface area contributed by atoms with E-state index in [4.69, 9.17) is 4.42 Å². The molecule has 2 N–H and O–H groups in total. The van der Waals surface area contributed by atoms with Crippen LogP contribution < -0.4 is 5.32 Å². The molecule has 1 saturated carbocycles. The van der Waals surface area contributed by atoms with E-state index < -0.39 is 0 Å². The number of aliphatic hydroxyl groups is 1. The quantitative estimate of drug-likeness (QED) is 0.792. The van der Waals surface area contributed by atoms with Crippen LogP contribution in [0.1, 0.15) is 49.1 Å². The van der Waals surface area contributed by atoms with Crippen molar-refractivity contribution >= 4 is 17.7 Å². The second-order valence-corrected chi connectivity index (χ2v) is 6.12. The molecule has 1 aromatic heterocycles. The molecule has 0 aliphatic heterocycles. The van der Waals surface area contributed by atoms with E-state index >= 15 is 0 Å². The lowest BCUT2D eigenvalue weighted by molar-refractivity contribution is 0.0866. The summed E-state index contributed by atoms with van der Waals surface area (Å²) in [5.74, 6) is 0.664. The minimum atomic E-state index is -0.172. The minimum Gasteiger partial charge on any atom is -0.445 e. The lowest BCUT2D eigenvalue weighted by atomic mass is 9.82. The van der Waals surface area contributed by atoms with Crippen LogP contribution in [0.2, 0.25) is 0 Å². The smallest absolute Gasteiger partial charge is 0.287 e. The first-order chi connectivity index (χ1) is 9.74. The van der Waals surface area contributed by atoms with Crippen molar-refractivity contribution in [2.24, 2.45) is 5.92 Å². The largest absolute Gasteiger partial charge is 0.445 e. The van der Waals surface area contributed by atoms with Crippen LogP contribution in [-0.2, 0) is 0 Å². The number of thioether (sulfide) groups is 1. The standard InChI is InChI=1S/C15H23NO3S/c1-20-14-8-7-13(19-14)15(18)16-12(9-10-17)11-5-3-2-4-6-11/h7-8,11-12,17H,2-6,9-10H2,1H3,(H,16,18). The molecule has 0 saturated heterocycles. The van der Waals surface area contributed by atoms with E-state index in [-0.39, 0.29) is 18.6 Å². The number of aliphatic hydroxyl groups excluding tert-OH is 1. The summed E-state index contributed by atoms with van der Waals surface area (Å²) in [5.41, 5.74) is 0. The molecule has 0 spiro atoms. The topological polar surface area (TPSA) is 62.5 Å². The number of furan rings is 1. The van der Waals surface area contributed by atoms with Crippen molar-refractivity contribution in [3.05, 3.63) is 17.9 Å². The molecule has 1 heterocycles. The van der Waals surface area contributed by atoms with Gasteiger partial charge in [0, 0.05) is 12.6 Å². The van der Waals surface area contributed by atoms with Gasteiger partial charge in [-0.2, -0.15) is 0 Å². The number of rotatable bonds is 6. The Balaban J connectivity index is 1.97. The first kappa shape index (κ1) is 15.4. The molecule has 1 amide bonds. The summed E-state index contributed by atoms with van der Waals surface area (Å²) in [6.45, 7) is 0.107. The van der Waals surface area contributed by atoms with Gasteiger partial charge >= 0.3 is 0 Å². The van der Waals surface area contributed by atoms with Crippen molar-refractivity contribution < 1.29 is 14.3 Å². The van der Waals surface area contributed by atoms with Gasteiger partial charge < -0.3 is 14.8 Å². The number of nitrogens with one attached hydrogen (secondary N) is 1. The molecule has 1 atom stereocenters. The van der Waals surface area contributed by atoms with E-state index in [0.717, 1.165) is 17.9 Å². The van der Waals surface area contributed by atoms with Crippen molar-refractivity contribution in [2.45, 2.75) is 49.7 Å². The van der Waals surface area contributed by atoms with E-state index in [1.54, 1.807) is 12.1 Å². The summed E-state index contributed by atoms with van der Waals surface area (Å²) < 4.78 is 5.45. The molecule has 112 valence electrons. The highest BCUT2D eigenvalue weighted by atomic mass is 32.2. The van der Waals surface area contributed by atoms with E-state index in [9.17, 15) is 9.90 Å². The highest BCUT2D eigenvalue weighted by Crippen LogP contribution is 2.28. The summed E-state index contributed by atoms with van der Waals surface area (Å²) in [6.07, 6.45) is 8.53. The van der Waals surface area contributed by atoms with Crippen LogP contribution in [0.3, 0.4) is 0 Å². The van der Waals surface area contributed by atoms with Crippen LogP contribution in [0.5, 0.6) is 0 Å². The van der Waals surface area contributed by atoms with Crippen molar-refractivity contribution in [1.29, 1.82) is 0 Å². The Bertz CT molecular complexity index is 427. The van der Waals surface area contributed by atoms with E-state index in [1.807, 2.05) is 6.26 Å². The van der Waals surface area contributed by atoms with Gasteiger partial charge in [0.15, 0.2) is 10.9 Å². The third-order valence-electron chi connectivity index (χ3n) is 3.98. The van der Waals surface area contributed by atoms with Crippen LogP contribution in [0.25, 0.3) is 0 Å². The normalized spacial score (nSPS) is 17.9. The lowest BCUT2D eigenvalue weighted by Crippen LogP contribution is -2.41. The third-order valence-corrected chi connectivity index (χ3v) is 4.60. The van der Waals surface area contributed by atoms with Crippen LogP contribution in [-0.4, -0.2) is 29.9 Å². The molecule has 0 aromatic carbocycles. The zero-order chi connectivity index (χ0) is 14.4. The summed E-state index contributed by atoms with van der Waals surface area (Å²) >= 11 is 1.48. The van der Waals surface area contributed by atoms with E-state index in [1.165, 1.54) is 31.0 Å². The van der Waals surface area contributed by atoms with Crippen LogP contribution >= 0.6 is 11.8 Å². The van der Waals surface area contributed by atoms with Gasteiger partial charge in [-0.1, -0.05) is 31.0 Å². The Morgan fingerprint density at radius 1 is 1.45 bits per heavy atom. The highest BCUT2D eigenvalue weighted by Gasteiger charge is 2.25. The number of carbonyl (C=O) groups excluding carboxylic acids is 1. The molecule has 0 radical (unpaired) electrons. The molecule has 20 heavy (non-hydrogen) atoms. The van der Waals surface area contributed by atoms with Crippen molar-refractivity contribution in [2.75, 3.05) is 12.9 Å². The molecule has 1 unspecified atom stereocenters. The molecule has 5 heteroatoms. The zero-order valence-electron chi connectivity index (χ0n) is 11.9.